The number of carbonyl (C=O) groups excluding carboxylic acids is 1. The first kappa shape index (κ1) is 22.8. The van der Waals surface area contributed by atoms with Crippen molar-refractivity contribution < 1.29 is 22.8 Å². The van der Waals surface area contributed by atoms with E-state index in [1.54, 1.807) is 25.1 Å². The number of quaternary nitrogens is 1. The highest BCUT2D eigenvalue weighted by atomic mass is 32.2. The molecule has 0 radical (unpaired) electrons. The predicted molar refractivity (Wildman–Crippen MR) is 110 cm³/mol. The molecule has 1 aromatic rings. The van der Waals surface area contributed by atoms with E-state index in [0.717, 1.165) is 13.1 Å². The van der Waals surface area contributed by atoms with Gasteiger partial charge in [0.05, 0.1) is 4.90 Å². The topological polar surface area (TPSA) is 80.2 Å². The predicted octanol–water partition coefficient (Wildman–Crippen LogP) is 1.04. The van der Waals surface area contributed by atoms with Gasteiger partial charge >= 0.3 is 0 Å². The van der Waals surface area contributed by atoms with Crippen molar-refractivity contribution in [1.82, 2.24) is 4.31 Å². The number of carbonyl (C=O) groups is 1. The van der Waals surface area contributed by atoms with Gasteiger partial charge in [0, 0.05) is 18.8 Å². The fourth-order valence-corrected chi connectivity index (χ4v) is 5.47. The number of nitrogens with zero attached hydrogens (tertiary/aromatic N) is 1. The zero-order chi connectivity index (χ0) is 21.1. The Labute approximate surface area is 169 Å². The van der Waals surface area contributed by atoms with E-state index >= 15 is 0 Å². The highest BCUT2D eigenvalue weighted by Crippen LogP contribution is 2.23. The second-order valence-corrected chi connectivity index (χ2v) is 9.51. The van der Waals surface area contributed by atoms with Crippen LogP contribution in [0.2, 0.25) is 0 Å². The number of nitrogens with one attached hydrogen (secondary N) is 2. The second-order valence-electron chi connectivity index (χ2n) is 7.60. The van der Waals surface area contributed by atoms with Gasteiger partial charge in [0.25, 0.3) is 5.91 Å². The van der Waals surface area contributed by atoms with Gasteiger partial charge in [-0.05, 0) is 45.4 Å². The third kappa shape index (κ3) is 5.11. The summed E-state index contributed by atoms with van der Waals surface area (Å²) in [4.78, 5) is 14.2. The number of aryl methyl sites for hydroxylation is 1. The van der Waals surface area contributed by atoms with Gasteiger partial charge in [-0.3, -0.25) is 4.79 Å². The molecule has 158 valence electrons. The minimum atomic E-state index is -3.59. The molecule has 1 aliphatic heterocycles. The van der Waals surface area contributed by atoms with Gasteiger partial charge in [-0.2, -0.15) is 4.31 Å². The highest BCUT2D eigenvalue weighted by Gasteiger charge is 2.33. The van der Waals surface area contributed by atoms with Crippen molar-refractivity contribution in [1.29, 1.82) is 0 Å². The van der Waals surface area contributed by atoms with Gasteiger partial charge in [0.2, 0.25) is 10.0 Å². The molecule has 2 N–H and O–H groups in total. The van der Waals surface area contributed by atoms with Crippen molar-refractivity contribution in [3.63, 3.8) is 0 Å². The molecule has 0 aliphatic carbocycles. The van der Waals surface area contributed by atoms with E-state index in [1.807, 2.05) is 34.6 Å². The van der Waals surface area contributed by atoms with Crippen LogP contribution in [0.1, 0.15) is 40.2 Å². The molecule has 3 atom stereocenters. The van der Waals surface area contributed by atoms with Crippen LogP contribution in [0.15, 0.2) is 23.1 Å². The van der Waals surface area contributed by atoms with Gasteiger partial charge in [0.1, 0.15) is 25.3 Å². The lowest BCUT2D eigenvalue weighted by Gasteiger charge is -2.35. The van der Waals surface area contributed by atoms with Crippen molar-refractivity contribution in [3.05, 3.63) is 23.8 Å². The Morgan fingerprint density at radius 2 is 1.82 bits per heavy atom. The van der Waals surface area contributed by atoms with Crippen LogP contribution in [-0.2, 0) is 19.6 Å². The maximum atomic E-state index is 12.9. The monoisotopic (exact) mass is 412 g/mol. The van der Waals surface area contributed by atoms with Crippen LogP contribution in [0.5, 0.6) is 0 Å². The Bertz CT molecular complexity index is 783. The van der Waals surface area contributed by atoms with Gasteiger partial charge in [0.15, 0.2) is 6.04 Å². The van der Waals surface area contributed by atoms with E-state index in [1.165, 1.54) is 9.21 Å². The molecule has 1 aromatic carbocycles. The van der Waals surface area contributed by atoms with Crippen molar-refractivity contribution in [3.8, 4) is 0 Å². The molecule has 1 amide bonds. The summed E-state index contributed by atoms with van der Waals surface area (Å²) in [6.07, 6.45) is 0.221. The van der Waals surface area contributed by atoms with Crippen LogP contribution < -0.4 is 10.2 Å². The highest BCUT2D eigenvalue weighted by molar-refractivity contribution is 7.89. The molecule has 28 heavy (non-hydrogen) atoms. The van der Waals surface area contributed by atoms with Gasteiger partial charge in [-0.15, -0.1) is 0 Å². The first-order chi connectivity index (χ1) is 13.1. The lowest BCUT2D eigenvalue weighted by Crippen LogP contribution is -3.19. The normalized spacial score (nSPS) is 24.2. The van der Waals surface area contributed by atoms with Crippen LogP contribution in [-0.4, -0.2) is 63.1 Å². The van der Waals surface area contributed by atoms with Crippen molar-refractivity contribution >= 4 is 21.6 Å². The van der Waals surface area contributed by atoms with E-state index in [9.17, 15) is 13.2 Å². The number of anilines is 1. The van der Waals surface area contributed by atoms with Crippen LogP contribution in [0.3, 0.4) is 0 Å². The van der Waals surface area contributed by atoms with Gasteiger partial charge < -0.3 is 15.0 Å². The second kappa shape index (κ2) is 9.35. The van der Waals surface area contributed by atoms with E-state index in [0.29, 0.717) is 24.3 Å². The molecule has 0 bridgehead atoms. The zero-order valence-electron chi connectivity index (χ0n) is 17.8. The Kier molecular flexibility index (Phi) is 7.61. The van der Waals surface area contributed by atoms with Crippen LogP contribution in [0.25, 0.3) is 0 Å². The summed E-state index contributed by atoms with van der Waals surface area (Å²) in [6.45, 7) is 13.7. The van der Waals surface area contributed by atoms with Crippen LogP contribution in [0.4, 0.5) is 5.69 Å². The Morgan fingerprint density at radius 1 is 1.25 bits per heavy atom. The van der Waals surface area contributed by atoms with E-state index in [2.05, 4.69) is 5.32 Å². The molecule has 7 nitrogen and oxygen atoms in total. The molecule has 0 spiro atoms. The standard InChI is InChI=1S/C20H33N3O4S/c1-7-23(8-2)28(25,26)19-11-18(10-9-14(19)3)21-20(24)17(6)22-12-15(4)27-16(5)13-22/h9-11,15-17H,7-8,12-13H2,1-6H3,(H,21,24)/p+1/t15-,16-,17-/m1/s1. The Morgan fingerprint density at radius 3 is 2.36 bits per heavy atom. The molecule has 0 saturated carbocycles. The molecule has 1 fully saturated rings. The molecule has 1 saturated heterocycles. The van der Waals surface area contributed by atoms with Crippen molar-refractivity contribution in [2.45, 2.75) is 64.7 Å². The SMILES string of the molecule is CCN(CC)S(=O)(=O)c1cc(NC(=O)[C@@H](C)[NH+]2C[C@@H](C)O[C@H](C)C2)ccc1C. The average Bonchev–Trinajstić information content (AvgIpc) is 2.62. The van der Waals surface area contributed by atoms with Gasteiger partial charge in [-0.25, -0.2) is 8.42 Å². The quantitative estimate of drug-likeness (QED) is 0.701. The number of amides is 1. The number of rotatable bonds is 7. The summed E-state index contributed by atoms with van der Waals surface area (Å²) in [5, 5.41) is 2.90. The molecule has 1 heterocycles. The smallest absolute Gasteiger partial charge is 0.282 e. The van der Waals surface area contributed by atoms with Gasteiger partial charge in [-0.1, -0.05) is 19.9 Å². The minimum Gasteiger partial charge on any atom is -0.364 e. The average molecular weight is 413 g/mol. The first-order valence-electron chi connectivity index (χ1n) is 10.0. The maximum Gasteiger partial charge on any atom is 0.282 e. The maximum absolute atomic E-state index is 12.9. The van der Waals surface area contributed by atoms with E-state index < -0.39 is 10.0 Å². The summed E-state index contributed by atoms with van der Waals surface area (Å²) in [6, 6.07) is 4.80. The summed E-state index contributed by atoms with van der Waals surface area (Å²) in [5.74, 6) is -0.119. The molecule has 0 aromatic heterocycles. The number of hydrogen-bond acceptors (Lipinski definition) is 4. The van der Waals surface area contributed by atoms with E-state index in [4.69, 9.17) is 4.74 Å². The zero-order valence-corrected chi connectivity index (χ0v) is 18.6. The van der Waals surface area contributed by atoms with Crippen LogP contribution in [0, 0.1) is 6.92 Å². The van der Waals surface area contributed by atoms with E-state index in [-0.39, 0.29) is 29.1 Å². The fourth-order valence-electron chi connectivity index (χ4n) is 3.76. The number of sulfonamides is 1. The number of ether oxygens (including phenoxy) is 1. The van der Waals surface area contributed by atoms with Crippen LogP contribution >= 0.6 is 0 Å². The third-order valence-electron chi connectivity index (χ3n) is 5.35. The Hall–Kier alpha value is -1.48. The molecule has 1 aliphatic rings. The first-order valence-corrected chi connectivity index (χ1v) is 11.5. The lowest BCUT2D eigenvalue weighted by molar-refractivity contribution is -0.928. The van der Waals surface area contributed by atoms with Crippen molar-refractivity contribution in [2.24, 2.45) is 0 Å². The molecular formula is C20H34N3O4S+. The third-order valence-corrected chi connectivity index (χ3v) is 7.54. The fraction of sp³-hybridized carbons (Fsp3) is 0.650. The summed E-state index contributed by atoms with van der Waals surface area (Å²) in [7, 11) is -3.59. The summed E-state index contributed by atoms with van der Waals surface area (Å²) < 4.78 is 33.0. The minimum absolute atomic E-state index is 0.110. The summed E-state index contributed by atoms with van der Waals surface area (Å²) in [5.41, 5.74) is 1.17. The number of hydrogen-bond donors (Lipinski definition) is 2. The molecule has 2 rings (SSSR count). The summed E-state index contributed by atoms with van der Waals surface area (Å²) >= 11 is 0. The number of benzene rings is 1. The van der Waals surface area contributed by atoms with Crippen molar-refractivity contribution in [2.75, 3.05) is 31.5 Å². The molecular weight excluding hydrogens is 378 g/mol. The molecule has 8 heteroatoms. The largest absolute Gasteiger partial charge is 0.364 e. The Balaban J connectivity index is 2.19. The lowest BCUT2D eigenvalue weighted by atomic mass is 10.1. The number of morpholine rings is 1. The molecule has 0 unspecified atom stereocenters.